The predicted molar refractivity (Wildman–Crippen MR) is 107 cm³/mol. The fourth-order valence-electron chi connectivity index (χ4n) is 4.38. The highest BCUT2D eigenvalue weighted by molar-refractivity contribution is 5.99. The molecule has 27 heavy (non-hydrogen) atoms. The molecule has 146 valence electrons. The monoisotopic (exact) mass is 371 g/mol. The van der Waals surface area contributed by atoms with Crippen molar-refractivity contribution in [1.29, 1.82) is 0 Å². The number of carbonyl (C=O) groups excluding carboxylic acids is 1. The van der Waals surface area contributed by atoms with Gasteiger partial charge in [-0.1, -0.05) is 18.2 Å². The molecule has 1 aliphatic heterocycles. The lowest BCUT2D eigenvalue weighted by atomic mass is 9.79. The molecule has 1 aromatic carbocycles. The van der Waals surface area contributed by atoms with E-state index >= 15 is 0 Å². The molecule has 1 aromatic heterocycles. The molecular formula is C21H29N3O3. The third kappa shape index (κ3) is 3.52. The highest BCUT2D eigenvalue weighted by atomic mass is 16.5. The molecule has 6 heteroatoms. The van der Waals surface area contributed by atoms with Gasteiger partial charge in [0.1, 0.15) is 6.79 Å². The van der Waals surface area contributed by atoms with Crippen LogP contribution in [0.1, 0.15) is 25.0 Å². The van der Waals surface area contributed by atoms with Gasteiger partial charge in [-0.05, 0) is 50.1 Å². The summed E-state index contributed by atoms with van der Waals surface area (Å²) in [6.07, 6.45) is 5.41. The zero-order valence-corrected chi connectivity index (χ0v) is 16.3. The molecule has 0 spiro atoms. The van der Waals surface area contributed by atoms with Gasteiger partial charge in [0.2, 0.25) is 5.91 Å². The molecule has 4 rings (SSSR count). The molecule has 2 atom stereocenters. The first-order valence-corrected chi connectivity index (χ1v) is 9.57. The van der Waals surface area contributed by atoms with Gasteiger partial charge >= 0.3 is 0 Å². The second kappa shape index (κ2) is 8.25. The van der Waals surface area contributed by atoms with Gasteiger partial charge in [-0.2, -0.15) is 0 Å². The first-order valence-electron chi connectivity index (χ1n) is 9.57. The Labute approximate surface area is 160 Å². The van der Waals surface area contributed by atoms with Gasteiger partial charge in [0.25, 0.3) is 0 Å². The van der Waals surface area contributed by atoms with E-state index in [-0.39, 0.29) is 11.8 Å². The van der Waals surface area contributed by atoms with Crippen LogP contribution in [0.3, 0.4) is 0 Å². The summed E-state index contributed by atoms with van der Waals surface area (Å²) in [5.41, 5.74) is 5.21. The summed E-state index contributed by atoms with van der Waals surface area (Å²) in [6.45, 7) is 5.72. The van der Waals surface area contributed by atoms with Crippen molar-refractivity contribution in [2.24, 2.45) is 5.92 Å². The smallest absolute Gasteiger partial charge is 0.230 e. The maximum absolute atomic E-state index is 12.9. The highest BCUT2D eigenvalue weighted by Gasteiger charge is 2.36. The van der Waals surface area contributed by atoms with Crippen LogP contribution in [-0.2, 0) is 11.2 Å². The number of carbonyl (C=O) groups is 1. The van der Waals surface area contributed by atoms with Gasteiger partial charge in [0, 0.05) is 42.8 Å². The molecule has 0 radical (unpaired) electrons. The first-order chi connectivity index (χ1) is 13.0. The summed E-state index contributed by atoms with van der Waals surface area (Å²) >= 11 is 0. The minimum absolute atomic E-state index is 0.0445. The number of aliphatic hydroxyl groups excluding tert-OH is 1. The number of nitrogens with zero attached hydrogens (tertiary/aromatic N) is 2. The fraction of sp³-hybridized carbons (Fsp3) is 0.476. The Morgan fingerprint density at radius 3 is 2.67 bits per heavy atom. The third-order valence-corrected chi connectivity index (χ3v) is 5.66. The van der Waals surface area contributed by atoms with E-state index in [4.69, 9.17) is 10.2 Å². The molecular weight excluding hydrogens is 342 g/mol. The standard InChI is InChI=1S/C20H25N3O.CH4O2/c1-4-23(5-2)20(24)14-9-16-15-7-6-8-17-19(15)13(11-21-17)10-18(16)22(3)12-14;2-1-3/h6-9,11,14,18,21H,4-5,10,12H2,1-3H3;2-3H,1H2/t14-,18-;/m1./s1. The first kappa shape index (κ1) is 19.6. The second-order valence-electron chi connectivity index (χ2n) is 7.08. The number of nitrogens with one attached hydrogen (secondary N) is 1. The molecule has 0 bridgehead atoms. The van der Waals surface area contributed by atoms with Gasteiger partial charge in [-0.3, -0.25) is 9.69 Å². The Balaban J connectivity index is 0.000000659. The summed E-state index contributed by atoms with van der Waals surface area (Å²) in [4.78, 5) is 20.6. The molecule has 3 N–H and O–H groups in total. The van der Waals surface area contributed by atoms with Crippen molar-refractivity contribution in [1.82, 2.24) is 14.8 Å². The van der Waals surface area contributed by atoms with Crippen molar-refractivity contribution < 1.29 is 15.0 Å². The molecule has 0 saturated carbocycles. The van der Waals surface area contributed by atoms with Crippen LogP contribution in [0.15, 0.2) is 30.5 Å². The minimum atomic E-state index is -0.750. The van der Waals surface area contributed by atoms with Crippen molar-refractivity contribution in [3.05, 3.63) is 41.6 Å². The van der Waals surface area contributed by atoms with Gasteiger partial charge in [-0.15, -0.1) is 0 Å². The topological polar surface area (TPSA) is 79.8 Å². The number of hydrogen-bond donors (Lipinski definition) is 3. The Kier molecular flexibility index (Phi) is 5.99. The van der Waals surface area contributed by atoms with E-state index in [0.29, 0.717) is 6.04 Å². The van der Waals surface area contributed by atoms with Crippen LogP contribution < -0.4 is 0 Å². The molecule has 2 aromatic rings. The van der Waals surface area contributed by atoms with Crippen molar-refractivity contribution in [2.45, 2.75) is 26.3 Å². The molecule has 2 heterocycles. The number of H-pyrrole nitrogens is 1. The second-order valence-corrected chi connectivity index (χ2v) is 7.08. The lowest BCUT2D eigenvalue weighted by molar-refractivity contribution is -0.134. The Morgan fingerprint density at radius 2 is 2.00 bits per heavy atom. The van der Waals surface area contributed by atoms with E-state index in [9.17, 15) is 4.79 Å². The largest absolute Gasteiger partial charge is 0.371 e. The number of amides is 1. The molecule has 6 nitrogen and oxygen atoms in total. The van der Waals surface area contributed by atoms with E-state index in [1.54, 1.807) is 0 Å². The van der Waals surface area contributed by atoms with Gasteiger partial charge < -0.3 is 20.1 Å². The van der Waals surface area contributed by atoms with Crippen molar-refractivity contribution in [2.75, 3.05) is 33.5 Å². The highest BCUT2D eigenvalue weighted by Crippen LogP contribution is 2.40. The molecule has 2 aliphatic rings. The van der Waals surface area contributed by atoms with Gasteiger partial charge in [-0.25, -0.2) is 0 Å². The van der Waals surface area contributed by atoms with Crippen LogP contribution in [0, 0.1) is 5.92 Å². The number of aliphatic hydroxyl groups is 2. The average Bonchev–Trinajstić information content (AvgIpc) is 3.08. The third-order valence-electron chi connectivity index (χ3n) is 5.66. The number of likely N-dealkylation sites (N-methyl/N-ethyl adjacent to an activating group) is 1. The Bertz CT molecular complexity index is 838. The SMILES string of the molecule is CCN(CC)C(=O)[C@@H]1C=C2c3cccc4[nH]cc(c34)C[C@H]2N(C)C1.OCO. The van der Waals surface area contributed by atoms with Gasteiger partial charge in [0.15, 0.2) is 0 Å². The van der Waals surface area contributed by atoms with Crippen molar-refractivity contribution >= 4 is 22.4 Å². The van der Waals surface area contributed by atoms with Crippen LogP contribution in [0.2, 0.25) is 0 Å². The number of rotatable bonds is 3. The van der Waals surface area contributed by atoms with E-state index in [1.807, 2.05) is 4.90 Å². The van der Waals surface area contributed by atoms with E-state index < -0.39 is 6.79 Å². The predicted octanol–water partition coefficient (Wildman–Crippen LogP) is 1.83. The summed E-state index contributed by atoms with van der Waals surface area (Å²) in [5.74, 6) is 0.210. The summed E-state index contributed by atoms with van der Waals surface area (Å²) in [6, 6.07) is 6.82. The zero-order chi connectivity index (χ0) is 19.6. The van der Waals surface area contributed by atoms with Crippen molar-refractivity contribution in [3.63, 3.8) is 0 Å². The number of aromatic amines is 1. The summed E-state index contributed by atoms with van der Waals surface area (Å²) in [5, 5.41) is 15.6. The number of aromatic nitrogens is 1. The average molecular weight is 371 g/mol. The maximum atomic E-state index is 12.9. The number of hydrogen-bond acceptors (Lipinski definition) is 4. The number of benzene rings is 1. The van der Waals surface area contributed by atoms with Crippen LogP contribution in [-0.4, -0.2) is 70.4 Å². The lowest BCUT2D eigenvalue weighted by Crippen LogP contribution is -2.47. The normalized spacial score (nSPS) is 21.1. The van der Waals surface area contributed by atoms with Crippen LogP contribution in [0.25, 0.3) is 16.5 Å². The quantitative estimate of drug-likeness (QED) is 0.719. The lowest BCUT2D eigenvalue weighted by Gasteiger charge is -2.40. The summed E-state index contributed by atoms with van der Waals surface area (Å²) in [7, 11) is 2.15. The van der Waals surface area contributed by atoms with Gasteiger partial charge in [0.05, 0.1) is 5.92 Å². The Morgan fingerprint density at radius 1 is 1.30 bits per heavy atom. The molecule has 0 saturated heterocycles. The fourth-order valence-corrected chi connectivity index (χ4v) is 4.38. The van der Waals surface area contributed by atoms with E-state index in [2.05, 4.69) is 61.3 Å². The van der Waals surface area contributed by atoms with E-state index in [1.165, 1.54) is 27.6 Å². The zero-order valence-electron chi connectivity index (χ0n) is 16.3. The molecule has 1 amide bonds. The van der Waals surface area contributed by atoms with Crippen molar-refractivity contribution in [3.8, 4) is 0 Å². The minimum Gasteiger partial charge on any atom is -0.371 e. The summed E-state index contributed by atoms with van der Waals surface area (Å²) < 4.78 is 0. The molecule has 1 aliphatic carbocycles. The van der Waals surface area contributed by atoms with Crippen LogP contribution in [0.4, 0.5) is 0 Å². The molecule has 0 unspecified atom stereocenters. The molecule has 0 fully saturated rings. The maximum Gasteiger partial charge on any atom is 0.230 e. The van der Waals surface area contributed by atoms with E-state index in [0.717, 1.165) is 26.1 Å². The van der Waals surface area contributed by atoms with Crippen LogP contribution >= 0.6 is 0 Å². The van der Waals surface area contributed by atoms with Crippen LogP contribution in [0.5, 0.6) is 0 Å². The Hall–Kier alpha value is -2.15. The number of fused-ring (bicyclic) bond motifs is 2.